The van der Waals surface area contributed by atoms with Crippen LogP contribution in [0.3, 0.4) is 0 Å². The predicted octanol–water partition coefficient (Wildman–Crippen LogP) is 5.34. The summed E-state index contributed by atoms with van der Waals surface area (Å²) in [5, 5.41) is 12.2. The number of aromatic nitrogens is 2. The van der Waals surface area contributed by atoms with Crippen LogP contribution < -0.4 is 13.8 Å². The number of nitriles is 1. The molecule has 7 rings (SSSR count). The van der Waals surface area contributed by atoms with E-state index in [1.807, 2.05) is 36.4 Å². The van der Waals surface area contributed by atoms with E-state index in [4.69, 9.17) is 4.98 Å². The van der Waals surface area contributed by atoms with Crippen LogP contribution in [0.1, 0.15) is 10.1 Å². The molecule has 1 aliphatic rings. The van der Waals surface area contributed by atoms with Gasteiger partial charge in [0.05, 0.1) is 0 Å². The van der Waals surface area contributed by atoms with Crippen molar-refractivity contribution in [2.45, 2.75) is 0 Å². The summed E-state index contributed by atoms with van der Waals surface area (Å²) in [6.45, 7) is 0. The molecule has 3 aromatic heterocycles. The van der Waals surface area contributed by atoms with E-state index >= 15 is 0 Å². The monoisotopic (exact) mass is 606 g/mol. The topological polar surface area (TPSA) is 52.8 Å². The van der Waals surface area contributed by atoms with Gasteiger partial charge in [0.15, 0.2) is 0 Å². The molecule has 0 saturated carbocycles. The molecule has 3 aromatic carbocycles. The summed E-state index contributed by atoms with van der Waals surface area (Å²) >= 11 is 0.332. The molecule has 174 valence electrons. The number of nitrogens with zero attached hydrogens (tertiary/aromatic N) is 4. The van der Waals surface area contributed by atoms with Gasteiger partial charge < -0.3 is 0 Å². The van der Waals surface area contributed by atoms with Gasteiger partial charge in [0, 0.05) is 0 Å². The first-order valence-electron chi connectivity index (χ1n) is 11.8. The fraction of sp³-hybridized carbons (Fsp3) is 0. The van der Waals surface area contributed by atoms with Crippen molar-refractivity contribution in [1.29, 1.82) is 5.26 Å². The number of benzene rings is 3. The second-order valence-electron chi connectivity index (χ2n) is 8.60. The van der Waals surface area contributed by atoms with Crippen LogP contribution in [0, 0.1) is 11.3 Å². The maximum absolute atomic E-state index is 10.2. The Morgan fingerprint density at radius 1 is 0.784 bits per heavy atom. The molecule has 1 aliphatic heterocycles. The SMILES string of the molecule is N#C/C(=C\c1ccc(N2c3ccccc3[Se]c3ccccc32)[se]1)c1nc2cccnc2c2ccccc12. The first kappa shape index (κ1) is 22.2. The van der Waals surface area contributed by atoms with E-state index in [0.717, 1.165) is 26.2 Å². The Bertz CT molecular complexity index is 1850. The van der Waals surface area contributed by atoms with Crippen molar-refractivity contribution in [3.63, 3.8) is 0 Å². The van der Waals surface area contributed by atoms with E-state index in [1.54, 1.807) is 6.20 Å². The number of pyridine rings is 2. The zero-order valence-corrected chi connectivity index (χ0v) is 22.9. The summed E-state index contributed by atoms with van der Waals surface area (Å²) < 4.78 is 5.22. The number of rotatable bonds is 3. The van der Waals surface area contributed by atoms with Gasteiger partial charge in [-0.25, -0.2) is 0 Å². The molecule has 0 amide bonds. The number of hydrogen-bond donors (Lipinski definition) is 0. The average Bonchev–Trinajstić information content (AvgIpc) is 3.42. The van der Waals surface area contributed by atoms with E-state index < -0.39 is 0 Å². The van der Waals surface area contributed by atoms with Crippen LogP contribution in [0.25, 0.3) is 33.5 Å². The van der Waals surface area contributed by atoms with Gasteiger partial charge in [0.2, 0.25) is 0 Å². The Morgan fingerprint density at radius 2 is 1.49 bits per heavy atom. The second kappa shape index (κ2) is 9.16. The van der Waals surface area contributed by atoms with Crippen molar-refractivity contribution in [2.24, 2.45) is 0 Å². The van der Waals surface area contributed by atoms with Crippen molar-refractivity contribution in [1.82, 2.24) is 9.97 Å². The van der Waals surface area contributed by atoms with E-state index in [0.29, 0.717) is 11.3 Å². The number of allylic oxidation sites excluding steroid dienone is 1. The summed E-state index contributed by atoms with van der Waals surface area (Å²) in [5.41, 5.74) is 5.47. The van der Waals surface area contributed by atoms with Gasteiger partial charge >= 0.3 is 227 Å². The van der Waals surface area contributed by atoms with Crippen molar-refractivity contribution in [3.05, 3.63) is 113 Å². The number of hydrogen-bond acceptors (Lipinski definition) is 4. The number of para-hydroxylation sites is 2. The first-order chi connectivity index (χ1) is 18.3. The Morgan fingerprint density at radius 3 is 2.24 bits per heavy atom. The minimum atomic E-state index is 0.0425. The summed E-state index contributed by atoms with van der Waals surface area (Å²) in [5.74, 6) is 0. The normalized spacial score (nSPS) is 12.8. The summed E-state index contributed by atoms with van der Waals surface area (Å²) in [6, 6.07) is 36.1. The third kappa shape index (κ3) is 3.81. The Balaban J connectivity index is 1.36. The fourth-order valence-corrected chi connectivity index (χ4v) is 9.03. The summed E-state index contributed by atoms with van der Waals surface area (Å²) in [7, 11) is 0. The van der Waals surface area contributed by atoms with Crippen molar-refractivity contribution >= 4 is 87.8 Å². The molecule has 4 heterocycles. The molecule has 0 fully saturated rings. The van der Waals surface area contributed by atoms with Crippen LogP contribution in [-0.4, -0.2) is 39.4 Å². The molecule has 0 bridgehead atoms. The third-order valence-electron chi connectivity index (χ3n) is 6.38. The maximum atomic E-state index is 10.2. The van der Waals surface area contributed by atoms with E-state index in [-0.39, 0.29) is 29.5 Å². The van der Waals surface area contributed by atoms with Crippen LogP contribution in [0.15, 0.2) is 103 Å². The zero-order chi connectivity index (χ0) is 24.8. The van der Waals surface area contributed by atoms with Crippen LogP contribution >= 0.6 is 0 Å². The van der Waals surface area contributed by atoms with Crippen molar-refractivity contribution < 1.29 is 0 Å². The summed E-state index contributed by atoms with van der Waals surface area (Å²) in [4.78, 5) is 11.8. The minimum absolute atomic E-state index is 0.0425. The molecular formula is C31H18N4Se2. The molecule has 0 aliphatic carbocycles. The van der Waals surface area contributed by atoms with Gasteiger partial charge in [-0.1, -0.05) is 0 Å². The first-order valence-corrected chi connectivity index (χ1v) is 15.2. The van der Waals surface area contributed by atoms with Gasteiger partial charge in [-0.2, -0.15) is 0 Å². The van der Waals surface area contributed by atoms with Crippen LogP contribution in [0.5, 0.6) is 0 Å². The molecule has 0 N–H and O–H groups in total. The molecule has 0 unspecified atom stereocenters. The van der Waals surface area contributed by atoms with Gasteiger partial charge in [0.25, 0.3) is 0 Å². The van der Waals surface area contributed by atoms with Crippen molar-refractivity contribution in [3.8, 4) is 6.07 Å². The zero-order valence-electron chi connectivity index (χ0n) is 19.5. The molecule has 0 spiro atoms. The molecule has 37 heavy (non-hydrogen) atoms. The Labute approximate surface area is 226 Å². The number of fused-ring (bicyclic) bond motifs is 5. The molecule has 0 saturated heterocycles. The molecule has 6 heteroatoms. The molecule has 0 atom stereocenters. The molecule has 6 aromatic rings. The summed E-state index contributed by atoms with van der Waals surface area (Å²) in [6.07, 6.45) is 3.81. The van der Waals surface area contributed by atoms with E-state index in [9.17, 15) is 5.26 Å². The quantitative estimate of drug-likeness (QED) is 0.155. The van der Waals surface area contributed by atoms with E-state index in [2.05, 4.69) is 82.7 Å². The van der Waals surface area contributed by atoms with Gasteiger partial charge in [-0.15, -0.1) is 0 Å². The third-order valence-corrected chi connectivity index (χ3v) is 10.9. The molecular weight excluding hydrogens is 586 g/mol. The standard InChI is InChI=1S/C31H18N4Se2/c32-19-20(30-22-8-1-2-9-23(22)31-24(34-30)10-7-17-33-31)18-21-15-16-29(36-21)35-25-11-3-5-13-27(25)37-28-14-6-4-12-26(28)35/h1-18H/b20-18+. The van der Waals surface area contributed by atoms with Gasteiger partial charge in [0.1, 0.15) is 0 Å². The Kier molecular flexibility index (Phi) is 5.51. The predicted molar refractivity (Wildman–Crippen MR) is 154 cm³/mol. The fourth-order valence-electron chi connectivity index (χ4n) is 4.75. The second-order valence-corrected chi connectivity index (χ2v) is 13.2. The Hall–Kier alpha value is -3.97. The van der Waals surface area contributed by atoms with Gasteiger partial charge in [-0.05, 0) is 0 Å². The van der Waals surface area contributed by atoms with Crippen LogP contribution in [-0.2, 0) is 0 Å². The van der Waals surface area contributed by atoms with Crippen molar-refractivity contribution in [2.75, 3.05) is 4.90 Å². The van der Waals surface area contributed by atoms with Crippen LogP contribution in [0.2, 0.25) is 0 Å². The van der Waals surface area contributed by atoms with Crippen LogP contribution in [0.4, 0.5) is 15.9 Å². The molecule has 0 radical (unpaired) electrons. The van der Waals surface area contributed by atoms with Gasteiger partial charge in [-0.3, -0.25) is 0 Å². The number of anilines is 3. The average molecular weight is 604 g/mol. The molecule has 4 nitrogen and oxygen atoms in total. The van der Waals surface area contributed by atoms with E-state index in [1.165, 1.54) is 24.9 Å².